The fraction of sp³-hybridized carbons (Fsp3) is 0.647. The van der Waals surface area contributed by atoms with Gasteiger partial charge in [-0.2, -0.15) is 0 Å². The first-order chi connectivity index (χ1) is 10.2. The van der Waals surface area contributed by atoms with Gasteiger partial charge in [-0.25, -0.2) is 0 Å². The molecule has 1 aliphatic rings. The number of anilines is 1. The molecule has 1 aromatic carbocycles. The van der Waals surface area contributed by atoms with Crippen molar-refractivity contribution in [3.63, 3.8) is 0 Å². The number of hydrogen-bond donors (Lipinski definition) is 1. The summed E-state index contributed by atoms with van der Waals surface area (Å²) in [5.41, 5.74) is 1.16. The first-order valence-corrected chi connectivity index (χ1v) is 8.04. The first kappa shape index (κ1) is 16.0. The van der Waals surface area contributed by atoms with Crippen LogP contribution in [0.2, 0.25) is 0 Å². The molecule has 1 heterocycles. The number of rotatable bonds is 6. The van der Waals surface area contributed by atoms with Crippen molar-refractivity contribution in [2.45, 2.75) is 33.7 Å². The van der Waals surface area contributed by atoms with Gasteiger partial charge in [0.25, 0.3) is 0 Å². The van der Waals surface area contributed by atoms with Gasteiger partial charge < -0.3 is 19.7 Å². The largest absolute Gasteiger partial charge is 0.494 e. The summed E-state index contributed by atoms with van der Waals surface area (Å²) in [7, 11) is 0. The lowest BCUT2D eigenvalue weighted by atomic mass is 9.99. The van der Waals surface area contributed by atoms with Crippen LogP contribution in [-0.4, -0.2) is 38.9 Å². The quantitative estimate of drug-likeness (QED) is 0.874. The van der Waals surface area contributed by atoms with Gasteiger partial charge in [-0.3, -0.25) is 0 Å². The molecule has 1 saturated heterocycles. The van der Waals surface area contributed by atoms with Crippen molar-refractivity contribution in [3.8, 4) is 11.5 Å². The van der Waals surface area contributed by atoms with Crippen LogP contribution in [-0.2, 0) is 0 Å². The van der Waals surface area contributed by atoms with E-state index in [1.165, 1.54) is 0 Å². The van der Waals surface area contributed by atoms with Crippen molar-refractivity contribution in [1.82, 2.24) is 5.32 Å². The van der Waals surface area contributed by atoms with Gasteiger partial charge in [0.2, 0.25) is 0 Å². The van der Waals surface area contributed by atoms with Crippen molar-refractivity contribution in [1.29, 1.82) is 0 Å². The van der Waals surface area contributed by atoms with Gasteiger partial charge in [0.05, 0.1) is 18.9 Å². The SMILES string of the molecule is CCOc1ccc(OCC)c(N2CCNCC2C(C)C)c1. The van der Waals surface area contributed by atoms with E-state index >= 15 is 0 Å². The van der Waals surface area contributed by atoms with Crippen LogP contribution in [0.25, 0.3) is 0 Å². The zero-order chi connectivity index (χ0) is 15.2. The predicted molar refractivity (Wildman–Crippen MR) is 87.6 cm³/mol. The van der Waals surface area contributed by atoms with E-state index in [0.29, 0.717) is 25.2 Å². The monoisotopic (exact) mass is 292 g/mol. The van der Waals surface area contributed by atoms with E-state index < -0.39 is 0 Å². The molecule has 1 aromatic rings. The lowest BCUT2D eigenvalue weighted by Crippen LogP contribution is -2.53. The Labute approximate surface area is 128 Å². The number of hydrogen-bond acceptors (Lipinski definition) is 4. The van der Waals surface area contributed by atoms with Crippen LogP contribution in [0.3, 0.4) is 0 Å². The van der Waals surface area contributed by atoms with Gasteiger partial charge in [-0.05, 0) is 31.9 Å². The average molecular weight is 292 g/mol. The molecule has 1 N–H and O–H groups in total. The van der Waals surface area contributed by atoms with Crippen LogP contribution in [0.4, 0.5) is 5.69 Å². The Balaban J connectivity index is 2.34. The molecule has 21 heavy (non-hydrogen) atoms. The zero-order valence-electron chi connectivity index (χ0n) is 13.7. The molecule has 1 atom stereocenters. The third kappa shape index (κ3) is 3.82. The van der Waals surface area contributed by atoms with Gasteiger partial charge in [0.15, 0.2) is 0 Å². The molecule has 2 rings (SSSR count). The number of nitrogens with zero attached hydrogens (tertiary/aromatic N) is 1. The van der Waals surface area contributed by atoms with Crippen molar-refractivity contribution in [3.05, 3.63) is 18.2 Å². The standard InChI is InChI=1S/C17H28N2O2/c1-5-20-14-7-8-17(21-6-2)15(11-14)19-10-9-18-12-16(19)13(3)4/h7-8,11,13,16,18H,5-6,9-10,12H2,1-4H3. The Morgan fingerprint density at radius 2 is 2.00 bits per heavy atom. The maximum Gasteiger partial charge on any atom is 0.142 e. The topological polar surface area (TPSA) is 33.7 Å². The zero-order valence-corrected chi connectivity index (χ0v) is 13.7. The van der Waals surface area contributed by atoms with E-state index in [9.17, 15) is 0 Å². The summed E-state index contributed by atoms with van der Waals surface area (Å²) in [6.07, 6.45) is 0. The minimum absolute atomic E-state index is 0.481. The first-order valence-electron chi connectivity index (χ1n) is 8.04. The molecule has 0 aromatic heterocycles. The molecule has 1 aliphatic heterocycles. The molecule has 4 heteroatoms. The molecular weight excluding hydrogens is 264 g/mol. The van der Waals surface area contributed by atoms with Crippen LogP contribution in [0.15, 0.2) is 18.2 Å². The van der Waals surface area contributed by atoms with Crippen LogP contribution >= 0.6 is 0 Å². The molecule has 1 unspecified atom stereocenters. The highest BCUT2D eigenvalue weighted by molar-refractivity contribution is 5.62. The van der Waals surface area contributed by atoms with Gasteiger partial charge in [0.1, 0.15) is 11.5 Å². The summed E-state index contributed by atoms with van der Waals surface area (Å²) >= 11 is 0. The third-order valence-electron chi connectivity index (χ3n) is 3.90. The second-order valence-corrected chi connectivity index (χ2v) is 5.70. The van der Waals surface area contributed by atoms with Crippen molar-refractivity contribution in [2.24, 2.45) is 5.92 Å². The van der Waals surface area contributed by atoms with Gasteiger partial charge in [0, 0.05) is 31.7 Å². The van der Waals surface area contributed by atoms with Crippen LogP contribution in [0.1, 0.15) is 27.7 Å². The molecule has 1 fully saturated rings. The molecule has 0 aliphatic carbocycles. The van der Waals surface area contributed by atoms with Crippen molar-refractivity contribution < 1.29 is 9.47 Å². The minimum atomic E-state index is 0.481. The summed E-state index contributed by atoms with van der Waals surface area (Å²) in [6.45, 7) is 13.0. The lowest BCUT2D eigenvalue weighted by Gasteiger charge is -2.41. The molecule has 0 radical (unpaired) electrons. The number of piperazine rings is 1. The number of ether oxygens (including phenoxy) is 2. The molecule has 4 nitrogen and oxygen atoms in total. The van der Waals surface area contributed by atoms with E-state index in [4.69, 9.17) is 9.47 Å². The lowest BCUT2D eigenvalue weighted by molar-refractivity contribution is 0.325. The molecule has 0 saturated carbocycles. The molecule has 0 spiro atoms. The summed E-state index contributed by atoms with van der Waals surface area (Å²) in [4.78, 5) is 2.47. The Bertz CT molecular complexity index is 448. The van der Waals surface area contributed by atoms with E-state index in [0.717, 1.165) is 36.8 Å². The Hall–Kier alpha value is -1.42. The predicted octanol–water partition coefficient (Wildman–Crippen LogP) is 2.92. The second kappa shape index (κ2) is 7.55. The number of benzene rings is 1. The molecule has 0 amide bonds. The highest BCUT2D eigenvalue weighted by Crippen LogP contribution is 2.35. The van der Waals surface area contributed by atoms with Gasteiger partial charge in [-0.15, -0.1) is 0 Å². The summed E-state index contributed by atoms with van der Waals surface area (Å²) < 4.78 is 11.5. The smallest absolute Gasteiger partial charge is 0.142 e. The Morgan fingerprint density at radius 1 is 1.24 bits per heavy atom. The molecule has 0 bridgehead atoms. The highest BCUT2D eigenvalue weighted by atomic mass is 16.5. The Morgan fingerprint density at radius 3 is 2.67 bits per heavy atom. The fourth-order valence-corrected chi connectivity index (χ4v) is 2.88. The second-order valence-electron chi connectivity index (χ2n) is 5.70. The fourth-order valence-electron chi connectivity index (χ4n) is 2.88. The van der Waals surface area contributed by atoms with E-state index in [-0.39, 0.29) is 0 Å². The molecule has 118 valence electrons. The number of nitrogens with one attached hydrogen (secondary N) is 1. The van der Waals surface area contributed by atoms with Crippen LogP contribution < -0.4 is 19.7 Å². The summed E-state index contributed by atoms with van der Waals surface area (Å²) in [6, 6.07) is 6.62. The normalized spacial score (nSPS) is 18.9. The minimum Gasteiger partial charge on any atom is -0.494 e. The highest BCUT2D eigenvalue weighted by Gasteiger charge is 2.27. The molecular formula is C17H28N2O2. The van der Waals surface area contributed by atoms with Gasteiger partial charge in [-0.1, -0.05) is 13.8 Å². The average Bonchev–Trinajstić information content (AvgIpc) is 2.49. The summed E-state index contributed by atoms with van der Waals surface area (Å²) in [5.74, 6) is 2.45. The summed E-state index contributed by atoms with van der Waals surface area (Å²) in [5, 5.41) is 3.49. The maximum absolute atomic E-state index is 5.83. The van der Waals surface area contributed by atoms with Gasteiger partial charge >= 0.3 is 0 Å². The van der Waals surface area contributed by atoms with Crippen molar-refractivity contribution in [2.75, 3.05) is 37.7 Å². The van der Waals surface area contributed by atoms with E-state index in [1.807, 2.05) is 26.0 Å². The van der Waals surface area contributed by atoms with Crippen LogP contribution in [0.5, 0.6) is 11.5 Å². The van der Waals surface area contributed by atoms with Crippen molar-refractivity contribution >= 4 is 5.69 Å². The maximum atomic E-state index is 5.83. The van der Waals surface area contributed by atoms with E-state index in [2.05, 4.69) is 30.1 Å². The third-order valence-corrected chi connectivity index (χ3v) is 3.90. The van der Waals surface area contributed by atoms with E-state index in [1.54, 1.807) is 0 Å². The Kier molecular flexibility index (Phi) is 5.74. The van der Waals surface area contributed by atoms with Crippen LogP contribution in [0, 0.1) is 5.92 Å².